The van der Waals surface area contributed by atoms with E-state index in [-0.39, 0.29) is 0 Å². The van der Waals surface area contributed by atoms with Crippen LogP contribution in [0.5, 0.6) is 0 Å². The van der Waals surface area contributed by atoms with E-state index in [0.717, 1.165) is 45.2 Å². The third-order valence-electron chi connectivity index (χ3n) is 2.11. The number of carbonyl (C=O) groups is 1. The number of carboxylic acids is 1. The summed E-state index contributed by atoms with van der Waals surface area (Å²) in [5, 5.41) is 8.49. The first-order valence-corrected chi connectivity index (χ1v) is 6.95. The fourth-order valence-electron chi connectivity index (χ4n) is 1.26. The molecule has 0 amide bonds. The fraction of sp³-hybridized carbons (Fsp3) is 0.900. The molecular formula is C10H19NdO2. The molecule has 0 bridgehead atoms. The summed E-state index contributed by atoms with van der Waals surface area (Å²) in [6.07, 6.45) is 7.73. The molecule has 2 nitrogen and oxygen atoms in total. The van der Waals surface area contributed by atoms with E-state index in [4.69, 9.17) is 5.11 Å². The molecule has 75 valence electrons. The van der Waals surface area contributed by atoms with Crippen LogP contribution in [0.2, 0.25) is 1.57 Å². The molecule has 1 N–H and O–H groups in total. The van der Waals surface area contributed by atoms with Crippen LogP contribution in [0, 0.1) is 38.8 Å². The van der Waals surface area contributed by atoms with Crippen LogP contribution in [-0.2, 0) is 4.79 Å². The van der Waals surface area contributed by atoms with Gasteiger partial charge in [-0.05, 0) is 0 Å². The second kappa shape index (κ2) is 9.38. The van der Waals surface area contributed by atoms with E-state index in [1.165, 1.54) is 32.1 Å². The second-order valence-corrected chi connectivity index (χ2v) is 6.10. The van der Waals surface area contributed by atoms with Gasteiger partial charge in [-0.1, -0.05) is 0 Å². The van der Waals surface area contributed by atoms with Crippen LogP contribution < -0.4 is 0 Å². The summed E-state index contributed by atoms with van der Waals surface area (Å²) < 4.78 is 0.716. The van der Waals surface area contributed by atoms with Gasteiger partial charge in [0.2, 0.25) is 0 Å². The molecule has 0 aliphatic rings. The van der Waals surface area contributed by atoms with Gasteiger partial charge in [0.1, 0.15) is 0 Å². The average Bonchev–Trinajstić information content (AvgIpc) is 2.09. The first-order chi connectivity index (χ1) is 6.16. The molecule has 0 fully saturated rings. The van der Waals surface area contributed by atoms with Crippen molar-refractivity contribution in [2.45, 2.75) is 53.4 Å². The fourth-order valence-corrected chi connectivity index (χ4v) is 2.38. The molecule has 0 heterocycles. The molecule has 0 spiro atoms. The second-order valence-electron chi connectivity index (χ2n) is 3.48. The van der Waals surface area contributed by atoms with Gasteiger partial charge in [-0.25, -0.2) is 0 Å². The number of rotatable bonds is 8. The van der Waals surface area contributed by atoms with Crippen molar-refractivity contribution < 1.29 is 48.7 Å². The normalized spacial score (nSPS) is 12.6. The van der Waals surface area contributed by atoms with Crippen LogP contribution in [0.25, 0.3) is 0 Å². The summed E-state index contributed by atoms with van der Waals surface area (Å²) >= 11 is 1.15. The molecule has 1 atom stereocenters. The van der Waals surface area contributed by atoms with Crippen molar-refractivity contribution in [1.29, 1.82) is 0 Å². The Morgan fingerprint density at radius 2 is 2.00 bits per heavy atom. The molecule has 1 unspecified atom stereocenters. The Bertz CT molecular complexity index is 137. The molecule has 0 saturated carbocycles. The van der Waals surface area contributed by atoms with Crippen LogP contribution in [0.4, 0.5) is 0 Å². The van der Waals surface area contributed by atoms with Gasteiger partial charge in [0, 0.05) is 0 Å². The molecule has 0 aliphatic heterocycles. The molecule has 0 radical (unpaired) electrons. The quantitative estimate of drug-likeness (QED) is 0.699. The minimum absolute atomic E-state index is 0.363. The average molecular weight is 316 g/mol. The van der Waals surface area contributed by atoms with Gasteiger partial charge in [0.05, 0.1) is 0 Å². The van der Waals surface area contributed by atoms with Crippen LogP contribution in [-0.4, -0.2) is 11.1 Å². The zero-order valence-electron chi connectivity index (χ0n) is 8.38. The standard InChI is InChI=1S/C10H19O2.Nd/c1-2-3-4-5-6-7-8-9-10(11)12;/h7H,2-6,8-9H2,1H3,(H,11,12);. The predicted octanol–water partition coefficient (Wildman–Crippen LogP) is 3.16. The van der Waals surface area contributed by atoms with E-state index < -0.39 is 5.97 Å². The number of hydrogen-bond acceptors (Lipinski definition) is 1. The van der Waals surface area contributed by atoms with Crippen molar-refractivity contribution in [3.63, 3.8) is 0 Å². The van der Waals surface area contributed by atoms with Crippen molar-refractivity contribution in [2.24, 2.45) is 0 Å². The SMILES string of the molecule is CCCCCC[CH]([Nd])CCC(=O)O. The number of unbranched alkanes of at least 4 members (excludes halogenated alkanes) is 3. The van der Waals surface area contributed by atoms with Gasteiger partial charge in [-0.15, -0.1) is 0 Å². The molecular weight excluding hydrogens is 296 g/mol. The van der Waals surface area contributed by atoms with Crippen molar-refractivity contribution in [3.05, 3.63) is 0 Å². The van der Waals surface area contributed by atoms with Gasteiger partial charge in [0.25, 0.3) is 0 Å². The Balaban J connectivity index is 3.19. The topological polar surface area (TPSA) is 37.3 Å². The van der Waals surface area contributed by atoms with Crippen LogP contribution in [0.15, 0.2) is 0 Å². The molecule has 0 aromatic rings. The van der Waals surface area contributed by atoms with Crippen molar-refractivity contribution >= 4 is 5.97 Å². The summed E-state index contributed by atoms with van der Waals surface area (Å²) in [6.45, 7) is 2.21. The Morgan fingerprint density at radius 3 is 2.54 bits per heavy atom. The van der Waals surface area contributed by atoms with Crippen molar-refractivity contribution in [1.82, 2.24) is 0 Å². The van der Waals surface area contributed by atoms with E-state index in [1.807, 2.05) is 0 Å². The summed E-state index contributed by atoms with van der Waals surface area (Å²) in [6, 6.07) is 0. The third-order valence-corrected chi connectivity index (χ3v) is 3.97. The van der Waals surface area contributed by atoms with E-state index in [0.29, 0.717) is 7.99 Å². The zero-order chi connectivity index (χ0) is 10.1. The summed E-state index contributed by atoms with van der Waals surface area (Å²) in [7, 11) is 0. The van der Waals surface area contributed by atoms with Crippen LogP contribution >= 0.6 is 0 Å². The molecule has 3 heteroatoms. The summed E-state index contributed by atoms with van der Waals surface area (Å²) in [5.41, 5.74) is 0. The Kier molecular flexibility index (Phi) is 9.97. The number of carboxylic acid groups (broad SMARTS) is 1. The Labute approximate surface area is 107 Å². The third kappa shape index (κ3) is 10.7. The predicted molar refractivity (Wildman–Crippen MR) is 49.4 cm³/mol. The van der Waals surface area contributed by atoms with Gasteiger partial charge in [-0.2, -0.15) is 0 Å². The summed E-state index contributed by atoms with van der Waals surface area (Å²) in [4.78, 5) is 10.3. The maximum atomic E-state index is 10.3. The number of hydrogen-bond donors (Lipinski definition) is 1. The maximum absolute atomic E-state index is 10.3. The van der Waals surface area contributed by atoms with Crippen LogP contribution in [0.1, 0.15) is 51.9 Å². The number of aliphatic carboxylic acids is 1. The molecule has 0 aromatic carbocycles. The Hall–Kier alpha value is 0.821. The molecule has 13 heavy (non-hydrogen) atoms. The van der Waals surface area contributed by atoms with Gasteiger partial charge in [-0.3, -0.25) is 0 Å². The Morgan fingerprint density at radius 1 is 1.31 bits per heavy atom. The molecule has 0 aromatic heterocycles. The van der Waals surface area contributed by atoms with E-state index in [9.17, 15) is 4.79 Å². The van der Waals surface area contributed by atoms with Gasteiger partial charge >= 0.3 is 108 Å². The molecule has 0 saturated heterocycles. The first kappa shape index (κ1) is 13.8. The molecule has 0 rings (SSSR count). The minimum atomic E-state index is -0.644. The van der Waals surface area contributed by atoms with Gasteiger partial charge < -0.3 is 0 Å². The van der Waals surface area contributed by atoms with E-state index in [1.54, 1.807) is 0 Å². The van der Waals surface area contributed by atoms with E-state index in [2.05, 4.69) is 6.92 Å². The monoisotopic (exact) mass is 313 g/mol. The first-order valence-electron chi connectivity index (χ1n) is 5.09. The van der Waals surface area contributed by atoms with E-state index >= 15 is 0 Å². The van der Waals surface area contributed by atoms with Crippen LogP contribution in [0.3, 0.4) is 0 Å². The zero-order valence-corrected chi connectivity index (χ0v) is 11.6. The van der Waals surface area contributed by atoms with Gasteiger partial charge in [0.15, 0.2) is 0 Å². The van der Waals surface area contributed by atoms with Crippen molar-refractivity contribution in [2.75, 3.05) is 0 Å². The summed E-state index contributed by atoms with van der Waals surface area (Å²) in [5.74, 6) is -0.644. The molecule has 0 aliphatic carbocycles. The van der Waals surface area contributed by atoms with Crippen molar-refractivity contribution in [3.8, 4) is 0 Å².